The summed E-state index contributed by atoms with van der Waals surface area (Å²) in [6.07, 6.45) is 15.8. The number of aromatic nitrogens is 2. The quantitative estimate of drug-likeness (QED) is 0.0896. The van der Waals surface area contributed by atoms with Crippen LogP contribution in [0.1, 0.15) is 129 Å². The molecule has 14 nitrogen and oxygen atoms in total. The molecule has 394 valence electrons. The molecule has 0 spiro atoms. The lowest BCUT2D eigenvalue weighted by molar-refractivity contribution is -0.130. The van der Waals surface area contributed by atoms with Crippen LogP contribution in [-0.2, 0) is 22.2 Å². The van der Waals surface area contributed by atoms with Crippen molar-refractivity contribution < 1.29 is 37.4 Å². The maximum absolute atomic E-state index is 16.2. The number of nitrogens with two attached hydrogens (primary N) is 1. The van der Waals surface area contributed by atoms with Gasteiger partial charge in [0.15, 0.2) is 23.0 Å². The van der Waals surface area contributed by atoms with E-state index in [2.05, 4.69) is 44.1 Å². The number of hydrogen-bond donors (Lipinski definition) is 4. The first-order valence-corrected chi connectivity index (χ1v) is 27.0. The van der Waals surface area contributed by atoms with Gasteiger partial charge in [0.25, 0.3) is 0 Å². The smallest absolute Gasteiger partial charge is 0.329 e. The number of piperidine rings is 1. The largest absolute Gasteiger partial charge is 0.494 e. The Balaban J connectivity index is 0.684. The Hall–Kier alpha value is -6.52. The van der Waals surface area contributed by atoms with Crippen LogP contribution in [0.3, 0.4) is 0 Å². The van der Waals surface area contributed by atoms with Gasteiger partial charge < -0.3 is 30.7 Å². The third kappa shape index (κ3) is 9.19. The standard InChI is InChI=1S/C58H65ClF2N8O6/c1-34-47-45(32-42(60)50(59)49(47)48-41(52(62)71)15-16-44(74-3)51(48)61)75-58(34,38-7-5-4-6-8-38)26-27-63-39-12-9-36(10-13-39)54(72)65-57-23-20-56(21-24-57,22-25-57)33-68-28-17-35(18-29-68)37-11-14-40-43(31-37)67(2)66-53(40)69-30-19-46(70)64-55(69)73/h4-8,11,14-16,26-27,31-32,34-36,39,63H,9-10,12-13,17-25,28-30,33H2,1-3H3,(H2,62,71)(H,65,72)(H,64,70,73)/b27-26-/t34-,36?,39?,56?,57?,58-/m0/s1. The fourth-order valence-electron chi connectivity index (χ4n) is 13.6. The van der Waals surface area contributed by atoms with E-state index in [0.29, 0.717) is 29.3 Å². The second-order valence-electron chi connectivity index (χ2n) is 22.2. The average Bonchev–Trinajstić information content (AvgIpc) is 3.89. The Morgan fingerprint density at radius 1 is 0.933 bits per heavy atom. The highest BCUT2D eigenvalue weighted by atomic mass is 35.5. The molecule has 3 aliphatic heterocycles. The molecule has 4 saturated carbocycles. The van der Waals surface area contributed by atoms with E-state index in [1.807, 2.05) is 61.3 Å². The van der Waals surface area contributed by atoms with Crippen LogP contribution < -0.4 is 36.1 Å². The molecule has 5 N–H and O–H groups in total. The van der Waals surface area contributed by atoms with Crippen molar-refractivity contribution in [2.45, 2.75) is 119 Å². The third-order valence-electron chi connectivity index (χ3n) is 18.0. The van der Waals surface area contributed by atoms with Crippen molar-refractivity contribution in [1.82, 2.24) is 30.6 Å². The predicted molar refractivity (Wildman–Crippen MR) is 283 cm³/mol. The van der Waals surface area contributed by atoms with E-state index in [-0.39, 0.29) is 68.9 Å². The van der Waals surface area contributed by atoms with Crippen LogP contribution in [0.2, 0.25) is 5.02 Å². The number of carbonyl (C=O) groups is 4. The number of rotatable bonds is 13. The Morgan fingerprint density at radius 2 is 1.65 bits per heavy atom. The minimum Gasteiger partial charge on any atom is -0.494 e. The molecule has 6 fully saturated rings. The zero-order valence-electron chi connectivity index (χ0n) is 42.8. The highest BCUT2D eigenvalue weighted by Crippen LogP contribution is 2.58. The predicted octanol–water partition coefficient (Wildman–Crippen LogP) is 9.87. The Morgan fingerprint density at radius 3 is 2.33 bits per heavy atom. The summed E-state index contributed by atoms with van der Waals surface area (Å²) in [6, 6.07) is 19.5. The van der Waals surface area contributed by atoms with Crippen molar-refractivity contribution >= 4 is 52.1 Å². The highest BCUT2D eigenvalue weighted by Gasteiger charge is 2.51. The molecular weight excluding hydrogens is 978 g/mol. The van der Waals surface area contributed by atoms with Gasteiger partial charge in [-0.25, -0.2) is 13.6 Å². The van der Waals surface area contributed by atoms with E-state index in [1.54, 1.807) is 4.90 Å². The molecule has 75 heavy (non-hydrogen) atoms. The Kier molecular flexibility index (Phi) is 13.4. The topological polar surface area (TPSA) is 173 Å². The van der Waals surface area contributed by atoms with Crippen LogP contribution in [0.4, 0.5) is 19.4 Å². The molecule has 2 saturated heterocycles. The SMILES string of the molecule is COc1ccc(C(N)=O)c(-c2c(Cl)c(F)cc3c2[C@H](C)[C@@](/C=C\NC2CCC(C(=O)NC45CCC(CN6CCC(c7ccc8c(N9CCC(=O)NC9=O)nn(C)c8c7)CC6)(CC4)CC5)CC2)(c2ccccc2)O3)c1F. The number of nitrogens with zero attached hydrogens (tertiary/aromatic N) is 4. The zero-order valence-corrected chi connectivity index (χ0v) is 43.5. The summed E-state index contributed by atoms with van der Waals surface area (Å²) in [5, 5.41) is 14.8. The van der Waals surface area contributed by atoms with Gasteiger partial charge in [-0.3, -0.25) is 29.3 Å². The molecule has 2 bridgehead atoms. The van der Waals surface area contributed by atoms with Crippen molar-refractivity contribution in [2.24, 2.45) is 24.1 Å². The lowest BCUT2D eigenvalue weighted by atomic mass is 9.57. The van der Waals surface area contributed by atoms with Crippen LogP contribution in [0, 0.1) is 23.0 Å². The van der Waals surface area contributed by atoms with Crippen molar-refractivity contribution in [2.75, 3.05) is 38.2 Å². The third-order valence-corrected chi connectivity index (χ3v) is 18.3. The first-order valence-electron chi connectivity index (χ1n) is 26.6. The molecule has 4 heterocycles. The molecule has 4 aromatic carbocycles. The van der Waals surface area contributed by atoms with Gasteiger partial charge in [0.2, 0.25) is 17.7 Å². The Bertz CT molecular complexity index is 3090. The number of fused-ring (bicyclic) bond motifs is 5. The van der Waals surface area contributed by atoms with Crippen LogP contribution in [0.15, 0.2) is 79.0 Å². The fourth-order valence-corrected chi connectivity index (χ4v) is 13.8. The number of imide groups is 1. The van der Waals surface area contributed by atoms with Gasteiger partial charge in [0, 0.05) is 78.1 Å². The molecule has 5 aromatic rings. The highest BCUT2D eigenvalue weighted by molar-refractivity contribution is 6.34. The summed E-state index contributed by atoms with van der Waals surface area (Å²) < 4.78 is 45.9. The molecule has 17 heteroatoms. The lowest BCUT2D eigenvalue weighted by Crippen LogP contribution is -2.59. The summed E-state index contributed by atoms with van der Waals surface area (Å²) in [6.45, 7) is 5.44. The number of halogens is 3. The van der Waals surface area contributed by atoms with E-state index in [9.17, 15) is 19.2 Å². The van der Waals surface area contributed by atoms with Gasteiger partial charge >= 0.3 is 6.03 Å². The number of carbonyl (C=O) groups excluding carboxylic acids is 4. The summed E-state index contributed by atoms with van der Waals surface area (Å²) in [7, 11) is 3.20. The van der Waals surface area contributed by atoms with E-state index in [4.69, 9.17) is 26.8 Å². The average molecular weight is 1040 g/mol. The number of urea groups is 1. The number of benzene rings is 4. The monoisotopic (exact) mass is 1040 g/mol. The van der Waals surface area contributed by atoms with Crippen LogP contribution in [0.25, 0.3) is 22.0 Å². The summed E-state index contributed by atoms with van der Waals surface area (Å²) in [5.41, 5.74) is 7.78. The van der Waals surface area contributed by atoms with E-state index in [0.717, 1.165) is 113 Å². The van der Waals surface area contributed by atoms with Gasteiger partial charge in [-0.05, 0) is 149 Å². The van der Waals surface area contributed by atoms with Gasteiger partial charge in [0.05, 0.1) is 23.2 Å². The number of likely N-dealkylation sites (tertiary alicyclic amines) is 1. The molecule has 12 rings (SSSR count). The van der Waals surface area contributed by atoms with Crippen LogP contribution >= 0.6 is 11.6 Å². The number of methoxy groups -OCH3 is 1. The van der Waals surface area contributed by atoms with Crippen molar-refractivity contribution in [3.05, 3.63) is 118 Å². The number of ether oxygens (including phenoxy) is 2. The first kappa shape index (κ1) is 50.6. The minimum absolute atomic E-state index is 0.0182. The minimum atomic E-state index is -1.18. The van der Waals surface area contributed by atoms with E-state index >= 15 is 8.78 Å². The summed E-state index contributed by atoms with van der Waals surface area (Å²) >= 11 is 6.70. The number of nitrogens with one attached hydrogen (secondary N) is 3. The molecule has 0 unspecified atom stereocenters. The van der Waals surface area contributed by atoms with E-state index in [1.165, 1.54) is 30.9 Å². The summed E-state index contributed by atoms with van der Waals surface area (Å²) in [4.78, 5) is 55.3. The second-order valence-corrected chi connectivity index (χ2v) is 22.5. The number of primary amides is 1. The number of hydrogen-bond acceptors (Lipinski definition) is 9. The molecule has 4 aliphatic carbocycles. The number of aryl methyl sites for hydroxylation is 1. The van der Waals surface area contributed by atoms with Crippen molar-refractivity contribution in [3.8, 4) is 22.6 Å². The molecule has 1 aromatic heterocycles. The molecule has 7 aliphatic rings. The summed E-state index contributed by atoms with van der Waals surface area (Å²) in [5.74, 6) is -2.29. The molecule has 0 radical (unpaired) electrons. The lowest BCUT2D eigenvalue weighted by Gasteiger charge is -2.55. The van der Waals surface area contributed by atoms with E-state index < -0.39 is 35.1 Å². The Labute approximate surface area is 440 Å². The van der Waals surface area contributed by atoms with Crippen molar-refractivity contribution in [3.63, 3.8) is 0 Å². The van der Waals surface area contributed by atoms with Crippen molar-refractivity contribution in [1.29, 1.82) is 0 Å². The van der Waals surface area contributed by atoms with Crippen LogP contribution in [0.5, 0.6) is 11.5 Å². The van der Waals surface area contributed by atoms with Gasteiger partial charge in [0.1, 0.15) is 11.6 Å². The fraction of sp³-hybridized carbons (Fsp3) is 0.466. The number of amides is 5. The normalized spacial score (nSPS) is 27.1. The van der Waals surface area contributed by atoms with Gasteiger partial charge in [-0.15, -0.1) is 0 Å². The molecular formula is C58H65ClF2N8O6. The number of anilines is 1. The zero-order chi connectivity index (χ0) is 52.4. The maximum Gasteiger partial charge on any atom is 0.329 e. The molecule has 2 atom stereocenters. The maximum atomic E-state index is 16.2. The van der Waals surface area contributed by atoms with Gasteiger partial charge in [-0.2, -0.15) is 5.10 Å². The first-order chi connectivity index (χ1) is 36.1. The molecule has 5 amide bonds. The van der Waals surface area contributed by atoms with Crippen LogP contribution in [-0.4, -0.2) is 83.3 Å². The van der Waals surface area contributed by atoms with Gasteiger partial charge in [-0.1, -0.05) is 54.9 Å². The second kappa shape index (κ2) is 19.9.